The molecule has 1 heterocycles. The summed E-state index contributed by atoms with van der Waals surface area (Å²) in [5.41, 5.74) is 7.34. The van der Waals surface area contributed by atoms with Crippen LogP contribution in [0.2, 0.25) is 0 Å². The van der Waals surface area contributed by atoms with Crippen molar-refractivity contribution in [3.8, 4) is 17.0 Å². The number of halogens is 1. The summed E-state index contributed by atoms with van der Waals surface area (Å²) < 4.78 is 6.15. The van der Waals surface area contributed by atoms with E-state index in [1.165, 1.54) is 6.33 Å². The predicted octanol–water partition coefficient (Wildman–Crippen LogP) is 2.50. The summed E-state index contributed by atoms with van der Waals surface area (Å²) in [5.74, 6) is 0.831. The van der Waals surface area contributed by atoms with Gasteiger partial charge < -0.3 is 10.5 Å². The zero-order chi connectivity index (χ0) is 11.5. The van der Waals surface area contributed by atoms with Gasteiger partial charge in [-0.2, -0.15) is 0 Å². The molecule has 1 aromatic heterocycles. The third-order valence-electron chi connectivity index (χ3n) is 2.16. The Morgan fingerprint density at radius 3 is 2.69 bits per heavy atom. The van der Waals surface area contributed by atoms with Gasteiger partial charge in [-0.25, -0.2) is 9.97 Å². The smallest absolute Gasteiger partial charge is 0.187 e. The Morgan fingerprint density at radius 1 is 1.25 bits per heavy atom. The summed E-state index contributed by atoms with van der Waals surface area (Å²) >= 11 is 3.46. The Bertz CT molecular complexity index is 516. The second-order valence-corrected chi connectivity index (χ2v) is 3.97. The first-order chi connectivity index (χ1) is 7.74. The number of anilines is 1. The van der Waals surface area contributed by atoms with Crippen LogP contribution in [0.1, 0.15) is 0 Å². The van der Waals surface area contributed by atoms with E-state index in [0.717, 1.165) is 10.0 Å². The fraction of sp³-hybridized carbons (Fsp3) is 0.0909. The maximum absolute atomic E-state index is 5.73. The Labute approximate surface area is 102 Å². The van der Waals surface area contributed by atoms with Gasteiger partial charge >= 0.3 is 0 Å². The van der Waals surface area contributed by atoms with E-state index in [1.807, 2.05) is 24.3 Å². The van der Waals surface area contributed by atoms with Crippen LogP contribution in [-0.2, 0) is 0 Å². The molecule has 0 saturated carbocycles. The van der Waals surface area contributed by atoms with Gasteiger partial charge in [0.1, 0.15) is 12.0 Å². The van der Waals surface area contributed by atoms with Gasteiger partial charge in [0.25, 0.3) is 0 Å². The monoisotopic (exact) mass is 279 g/mol. The summed E-state index contributed by atoms with van der Waals surface area (Å²) in [4.78, 5) is 8.09. The molecule has 1 aromatic carbocycles. The van der Waals surface area contributed by atoms with E-state index in [1.54, 1.807) is 7.11 Å². The number of ether oxygens (including phenoxy) is 1. The average Bonchev–Trinajstić information content (AvgIpc) is 2.29. The fourth-order valence-corrected chi connectivity index (χ4v) is 1.91. The lowest BCUT2D eigenvalue weighted by Gasteiger charge is -2.09. The SMILES string of the molecule is COc1c(N)ncnc1-c1ccccc1Br. The van der Waals surface area contributed by atoms with Gasteiger partial charge in [-0.15, -0.1) is 0 Å². The van der Waals surface area contributed by atoms with Crippen molar-refractivity contribution in [3.05, 3.63) is 35.1 Å². The molecular weight excluding hydrogens is 270 g/mol. The molecule has 2 N–H and O–H groups in total. The van der Waals surface area contributed by atoms with E-state index >= 15 is 0 Å². The predicted molar refractivity (Wildman–Crippen MR) is 66.1 cm³/mol. The van der Waals surface area contributed by atoms with E-state index in [0.29, 0.717) is 17.3 Å². The lowest BCUT2D eigenvalue weighted by Crippen LogP contribution is -2.00. The zero-order valence-electron chi connectivity index (χ0n) is 8.64. The number of hydrogen-bond donors (Lipinski definition) is 1. The van der Waals surface area contributed by atoms with Crippen LogP contribution in [0.25, 0.3) is 11.3 Å². The highest BCUT2D eigenvalue weighted by molar-refractivity contribution is 9.10. The van der Waals surface area contributed by atoms with Gasteiger partial charge in [0.2, 0.25) is 0 Å². The Hall–Kier alpha value is -1.62. The largest absolute Gasteiger partial charge is 0.491 e. The number of nitrogens with zero attached hydrogens (tertiary/aromatic N) is 2. The highest BCUT2D eigenvalue weighted by Gasteiger charge is 2.13. The fourth-order valence-electron chi connectivity index (χ4n) is 1.43. The topological polar surface area (TPSA) is 61.0 Å². The molecular formula is C11H10BrN3O. The van der Waals surface area contributed by atoms with Crippen LogP contribution in [0.15, 0.2) is 35.1 Å². The molecule has 0 spiro atoms. The summed E-state index contributed by atoms with van der Waals surface area (Å²) in [7, 11) is 1.55. The van der Waals surface area contributed by atoms with Crippen LogP contribution in [0, 0.1) is 0 Å². The molecule has 0 unspecified atom stereocenters. The van der Waals surface area contributed by atoms with Crippen LogP contribution < -0.4 is 10.5 Å². The van der Waals surface area contributed by atoms with E-state index < -0.39 is 0 Å². The number of nitrogens with two attached hydrogens (primary N) is 1. The van der Waals surface area contributed by atoms with Crippen molar-refractivity contribution in [2.75, 3.05) is 12.8 Å². The normalized spacial score (nSPS) is 10.1. The van der Waals surface area contributed by atoms with Crippen molar-refractivity contribution in [1.82, 2.24) is 9.97 Å². The van der Waals surface area contributed by atoms with Gasteiger partial charge in [-0.3, -0.25) is 0 Å². The molecule has 0 atom stereocenters. The Balaban J connectivity index is 2.65. The molecule has 0 radical (unpaired) electrons. The van der Waals surface area contributed by atoms with E-state index in [-0.39, 0.29) is 0 Å². The van der Waals surface area contributed by atoms with Crippen LogP contribution in [0.3, 0.4) is 0 Å². The van der Waals surface area contributed by atoms with Crippen molar-refractivity contribution in [2.45, 2.75) is 0 Å². The lowest BCUT2D eigenvalue weighted by atomic mass is 10.1. The third kappa shape index (κ3) is 1.86. The number of benzene rings is 1. The van der Waals surface area contributed by atoms with Crippen LogP contribution >= 0.6 is 15.9 Å². The molecule has 0 amide bonds. The summed E-state index contributed by atoms with van der Waals surface area (Å²) in [6.07, 6.45) is 1.42. The number of nitrogen functional groups attached to an aromatic ring is 1. The molecule has 16 heavy (non-hydrogen) atoms. The molecule has 0 aliphatic heterocycles. The summed E-state index contributed by atoms with van der Waals surface area (Å²) in [6, 6.07) is 7.74. The van der Waals surface area contributed by atoms with Gasteiger partial charge in [-0.05, 0) is 6.07 Å². The molecule has 4 nitrogen and oxygen atoms in total. The second-order valence-electron chi connectivity index (χ2n) is 3.12. The molecule has 0 saturated heterocycles. The zero-order valence-corrected chi connectivity index (χ0v) is 10.2. The van der Waals surface area contributed by atoms with Crippen molar-refractivity contribution in [3.63, 3.8) is 0 Å². The molecule has 2 aromatic rings. The first kappa shape index (κ1) is 10.9. The molecule has 2 rings (SSSR count). The lowest BCUT2D eigenvalue weighted by molar-refractivity contribution is 0.415. The Kier molecular flexibility index (Phi) is 3.05. The minimum Gasteiger partial charge on any atom is -0.491 e. The van der Waals surface area contributed by atoms with Crippen molar-refractivity contribution in [1.29, 1.82) is 0 Å². The highest BCUT2D eigenvalue weighted by Crippen LogP contribution is 2.35. The van der Waals surface area contributed by atoms with Crippen molar-refractivity contribution in [2.24, 2.45) is 0 Å². The number of methoxy groups -OCH3 is 1. The van der Waals surface area contributed by atoms with E-state index in [2.05, 4.69) is 25.9 Å². The molecule has 5 heteroatoms. The van der Waals surface area contributed by atoms with Crippen molar-refractivity contribution < 1.29 is 4.74 Å². The molecule has 0 aliphatic rings. The first-order valence-electron chi connectivity index (χ1n) is 4.63. The number of aromatic nitrogens is 2. The van der Waals surface area contributed by atoms with Crippen LogP contribution in [0.4, 0.5) is 5.82 Å². The van der Waals surface area contributed by atoms with Crippen molar-refractivity contribution >= 4 is 21.7 Å². The number of hydrogen-bond acceptors (Lipinski definition) is 4. The molecule has 0 bridgehead atoms. The van der Waals surface area contributed by atoms with Gasteiger partial charge in [0, 0.05) is 10.0 Å². The molecule has 0 fully saturated rings. The quantitative estimate of drug-likeness (QED) is 0.918. The highest BCUT2D eigenvalue weighted by atomic mass is 79.9. The van der Waals surface area contributed by atoms with Gasteiger partial charge in [0.05, 0.1) is 7.11 Å². The molecule has 82 valence electrons. The maximum atomic E-state index is 5.73. The van der Waals surface area contributed by atoms with Gasteiger partial charge in [0.15, 0.2) is 11.6 Å². The standard InChI is InChI=1S/C11H10BrN3O/c1-16-10-9(14-6-15-11(10)13)7-4-2-3-5-8(7)12/h2-6H,1H3,(H2,13,14,15). The average molecular weight is 280 g/mol. The maximum Gasteiger partial charge on any atom is 0.187 e. The van der Waals surface area contributed by atoms with Gasteiger partial charge in [-0.1, -0.05) is 34.1 Å². The van der Waals surface area contributed by atoms with E-state index in [9.17, 15) is 0 Å². The Morgan fingerprint density at radius 2 is 2.00 bits per heavy atom. The van der Waals surface area contributed by atoms with E-state index in [4.69, 9.17) is 10.5 Å². The molecule has 0 aliphatic carbocycles. The van der Waals surface area contributed by atoms with Crippen LogP contribution in [0.5, 0.6) is 5.75 Å². The minimum absolute atomic E-state index is 0.336. The minimum atomic E-state index is 0.336. The first-order valence-corrected chi connectivity index (χ1v) is 5.42. The third-order valence-corrected chi connectivity index (χ3v) is 2.86. The number of rotatable bonds is 2. The summed E-state index contributed by atoms with van der Waals surface area (Å²) in [5, 5.41) is 0. The summed E-state index contributed by atoms with van der Waals surface area (Å²) in [6.45, 7) is 0. The van der Waals surface area contributed by atoms with Crippen LogP contribution in [-0.4, -0.2) is 17.1 Å². The second kappa shape index (κ2) is 4.49.